The first-order chi connectivity index (χ1) is 16.7. The molecule has 0 saturated heterocycles. The Morgan fingerprint density at radius 2 is 1.66 bits per heavy atom. The molecule has 182 valence electrons. The highest BCUT2D eigenvalue weighted by Gasteiger charge is 2.47. The SMILES string of the molecule is Cc1ccc(S(=O)(=O)C2=C(O)C(=O)N(c3ccccc3)[C@@H]2c2cccc(OCCC(C)C)c2)cc1. The van der Waals surface area contributed by atoms with Crippen LogP contribution in [-0.4, -0.2) is 26.0 Å². The quantitative estimate of drug-likeness (QED) is 0.434. The molecule has 0 unspecified atom stereocenters. The van der Waals surface area contributed by atoms with E-state index >= 15 is 0 Å². The summed E-state index contributed by atoms with van der Waals surface area (Å²) in [5.41, 5.74) is 1.91. The lowest BCUT2D eigenvalue weighted by atomic mass is 10.1. The topological polar surface area (TPSA) is 83.9 Å². The number of carbonyl (C=O) groups is 1. The lowest BCUT2D eigenvalue weighted by Gasteiger charge is -2.27. The van der Waals surface area contributed by atoms with E-state index < -0.39 is 27.5 Å². The van der Waals surface area contributed by atoms with E-state index in [0.717, 1.165) is 12.0 Å². The molecule has 0 fully saturated rings. The molecule has 1 heterocycles. The van der Waals surface area contributed by atoms with Gasteiger partial charge in [-0.05, 0) is 61.2 Å². The van der Waals surface area contributed by atoms with Crippen molar-refractivity contribution in [1.29, 1.82) is 0 Å². The van der Waals surface area contributed by atoms with Gasteiger partial charge >= 0.3 is 0 Å². The van der Waals surface area contributed by atoms with E-state index in [2.05, 4.69) is 13.8 Å². The summed E-state index contributed by atoms with van der Waals surface area (Å²) in [6, 6.07) is 21.1. The summed E-state index contributed by atoms with van der Waals surface area (Å²) in [6.45, 7) is 6.59. The standard InChI is InChI=1S/C28H29NO5S/c1-19(2)16-17-34-23-11-7-8-21(18-23)25-27(35(32,33)24-14-12-20(3)13-15-24)26(30)28(31)29(25)22-9-5-4-6-10-22/h4-15,18-19,25,30H,16-17H2,1-3H3/t25-/m1/s1. The molecule has 1 aliphatic rings. The molecule has 3 aromatic rings. The summed E-state index contributed by atoms with van der Waals surface area (Å²) in [6.07, 6.45) is 0.871. The molecule has 0 aliphatic carbocycles. The number of anilines is 1. The molecule has 6 nitrogen and oxygen atoms in total. The average molecular weight is 492 g/mol. The van der Waals surface area contributed by atoms with E-state index in [4.69, 9.17) is 4.74 Å². The molecule has 35 heavy (non-hydrogen) atoms. The number of nitrogens with zero attached hydrogens (tertiary/aromatic N) is 1. The molecule has 1 aliphatic heterocycles. The summed E-state index contributed by atoms with van der Waals surface area (Å²) in [5, 5.41) is 10.9. The molecule has 0 saturated carbocycles. The van der Waals surface area contributed by atoms with Crippen LogP contribution in [0.5, 0.6) is 5.75 Å². The van der Waals surface area contributed by atoms with Crippen LogP contribution >= 0.6 is 0 Å². The minimum atomic E-state index is -4.19. The zero-order valence-electron chi connectivity index (χ0n) is 20.0. The molecule has 7 heteroatoms. The van der Waals surface area contributed by atoms with Crippen molar-refractivity contribution >= 4 is 21.4 Å². The second kappa shape index (κ2) is 9.96. The normalized spacial score (nSPS) is 16.3. The Hall–Kier alpha value is -3.58. The molecule has 1 amide bonds. The van der Waals surface area contributed by atoms with Crippen LogP contribution in [0.4, 0.5) is 5.69 Å². The summed E-state index contributed by atoms with van der Waals surface area (Å²) in [4.78, 5) is 14.3. The molecular weight excluding hydrogens is 462 g/mol. The molecule has 0 bridgehead atoms. The Balaban J connectivity index is 1.84. The van der Waals surface area contributed by atoms with Gasteiger partial charge in [0.15, 0.2) is 5.76 Å². The molecule has 0 spiro atoms. The summed E-state index contributed by atoms with van der Waals surface area (Å²) in [5.74, 6) is -0.490. The Morgan fingerprint density at radius 1 is 0.971 bits per heavy atom. The molecule has 4 rings (SSSR count). The summed E-state index contributed by atoms with van der Waals surface area (Å²) in [7, 11) is -4.19. The van der Waals surface area contributed by atoms with Crippen LogP contribution in [0, 0.1) is 12.8 Å². The van der Waals surface area contributed by atoms with Crippen LogP contribution < -0.4 is 9.64 Å². The van der Waals surface area contributed by atoms with Gasteiger partial charge in [0.05, 0.1) is 11.5 Å². The Morgan fingerprint density at radius 3 is 2.31 bits per heavy atom. The van der Waals surface area contributed by atoms with Crippen molar-refractivity contribution in [3.05, 3.63) is 101 Å². The van der Waals surface area contributed by atoms with Gasteiger partial charge in [0.2, 0.25) is 9.84 Å². The van der Waals surface area contributed by atoms with E-state index in [1.54, 1.807) is 66.7 Å². The third-order valence-corrected chi connectivity index (χ3v) is 7.84. The van der Waals surface area contributed by atoms with Gasteiger partial charge in [-0.3, -0.25) is 9.69 Å². The highest BCUT2D eigenvalue weighted by molar-refractivity contribution is 7.95. The predicted octanol–water partition coefficient (Wildman–Crippen LogP) is 5.75. The van der Waals surface area contributed by atoms with E-state index in [-0.39, 0.29) is 9.80 Å². The van der Waals surface area contributed by atoms with Gasteiger partial charge in [-0.2, -0.15) is 0 Å². The Labute approximate surface area is 206 Å². The lowest BCUT2D eigenvalue weighted by molar-refractivity contribution is -0.117. The molecule has 0 aromatic heterocycles. The second-order valence-electron chi connectivity index (χ2n) is 9.05. The van der Waals surface area contributed by atoms with Gasteiger partial charge in [0.1, 0.15) is 16.7 Å². The fourth-order valence-electron chi connectivity index (χ4n) is 4.04. The van der Waals surface area contributed by atoms with Crippen molar-refractivity contribution in [1.82, 2.24) is 0 Å². The largest absolute Gasteiger partial charge is 0.502 e. The highest BCUT2D eigenvalue weighted by atomic mass is 32.2. The number of carbonyl (C=O) groups excluding carboxylic acids is 1. The van der Waals surface area contributed by atoms with Gasteiger partial charge in [-0.15, -0.1) is 0 Å². The van der Waals surface area contributed by atoms with Gasteiger partial charge in [-0.25, -0.2) is 8.42 Å². The van der Waals surface area contributed by atoms with Crippen molar-refractivity contribution in [2.45, 2.75) is 38.1 Å². The van der Waals surface area contributed by atoms with Gasteiger partial charge in [0, 0.05) is 5.69 Å². The van der Waals surface area contributed by atoms with E-state index in [9.17, 15) is 18.3 Å². The molecule has 1 atom stereocenters. The first-order valence-electron chi connectivity index (χ1n) is 11.6. The minimum Gasteiger partial charge on any atom is -0.502 e. The van der Waals surface area contributed by atoms with Gasteiger partial charge < -0.3 is 9.84 Å². The number of aliphatic hydroxyl groups excluding tert-OH is 1. The van der Waals surface area contributed by atoms with Gasteiger partial charge in [-0.1, -0.05) is 61.9 Å². The van der Waals surface area contributed by atoms with Crippen LogP contribution in [0.15, 0.2) is 94.4 Å². The fourth-order valence-corrected chi connectivity index (χ4v) is 5.67. The third kappa shape index (κ3) is 4.95. The molecular formula is C28H29NO5S. The fraction of sp³-hybridized carbons (Fsp3) is 0.250. The first-order valence-corrected chi connectivity index (χ1v) is 13.0. The molecule has 3 aromatic carbocycles. The van der Waals surface area contributed by atoms with E-state index in [0.29, 0.717) is 29.5 Å². The Kier molecular flexibility index (Phi) is 6.98. The highest BCUT2D eigenvalue weighted by Crippen LogP contribution is 2.45. The summed E-state index contributed by atoms with van der Waals surface area (Å²) < 4.78 is 33.4. The maximum atomic E-state index is 13.8. The van der Waals surface area contributed by atoms with Crippen molar-refractivity contribution < 1.29 is 23.1 Å². The lowest BCUT2D eigenvalue weighted by Crippen LogP contribution is -2.31. The zero-order valence-corrected chi connectivity index (χ0v) is 20.8. The van der Waals surface area contributed by atoms with Crippen molar-refractivity contribution in [3.63, 3.8) is 0 Å². The number of hydrogen-bond donors (Lipinski definition) is 1. The van der Waals surface area contributed by atoms with E-state index in [1.165, 1.54) is 17.0 Å². The van der Waals surface area contributed by atoms with Crippen LogP contribution in [0.25, 0.3) is 0 Å². The first kappa shape index (κ1) is 24.5. The Bertz CT molecular complexity index is 1350. The number of aliphatic hydroxyl groups is 1. The van der Waals surface area contributed by atoms with Crippen LogP contribution in [0.3, 0.4) is 0 Å². The number of sulfone groups is 1. The van der Waals surface area contributed by atoms with Crippen molar-refractivity contribution in [2.24, 2.45) is 5.92 Å². The number of ether oxygens (including phenoxy) is 1. The number of hydrogen-bond acceptors (Lipinski definition) is 5. The minimum absolute atomic E-state index is 0.0155. The van der Waals surface area contributed by atoms with Crippen molar-refractivity contribution in [3.8, 4) is 5.75 Å². The number of benzene rings is 3. The number of amides is 1. The van der Waals surface area contributed by atoms with Crippen molar-refractivity contribution in [2.75, 3.05) is 11.5 Å². The maximum absolute atomic E-state index is 13.8. The number of rotatable bonds is 8. The molecule has 1 N–H and O–H groups in total. The summed E-state index contributed by atoms with van der Waals surface area (Å²) >= 11 is 0. The number of para-hydroxylation sites is 1. The van der Waals surface area contributed by atoms with Crippen LogP contribution in [0.1, 0.15) is 37.4 Å². The number of aryl methyl sites for hydroxylation is 1. The molecule has 0 radical (unpaired) electrons. The smallest absolute Gasteiger partial charge is 0.295 e. The van der Waals surface area contributed by atoms with Crippen LogP contribution in [-0.2, 0) is 14.6 Å². The maximum Gasteiger partial charge on any atom is 0.295 e. The van der Waals surface area contributed by atoms with Gasteiger partial charge in [0.25, 0.3) is 5.91 Å². The second-order valence-corrected chi connectivity index (χ2v) is 11.0. The zero-order chi connectivity index (χ0) is 25.2. The monoisotopic (exact) mass is 491 g/mol. The average Bonchev–Trinajstić information content (AvgIpc) is 3.11. The van der Waals surface area contributed by atoms with Crippen LogP contribution in [0.2, 0.25) is 0 Å². The predicted molar refractivity (Wildman–Crippen MR) is 136 cm³/mol. The third-order valence-electron chi connectivity index (χ3n) is 5.95. The van der Waals surface area contributed by atoms with E-state index in [1.807, 2.05) is 6.92 Å².